The summed E-state index contributed by atoms with van der Waals surface area (Å²) in [6.07, 6.45) is 0. The normalized spacial score (nSPS) is 15.8. The summed E-state index contributed by atoms with van der Waals surface area (Å²) in [7, 11) is 4.06. The molecule has 0 aromatic heterocycles. The van der Waals surface area contributed by atoms with E-state index in [1.165, 1.54) is 0 Å². The van der Waals surface area contributed by atoms with Crippen molar-refractivity contribution >= 4 is 11.6 Å². The van der Waals surface area contributed by atoms with Gasteiger partial charge in [-0.15, -0.1) is 0 Å². The van der Waals surface area contributed by atoms with Gasteiger partial charge >= 0.3 is 0 Å². The molecule has 0 bridgehead atoms. The van der Waals surface area contributed by atoms with E-state index in [0.29, 0.717) is 19.7 Å². The van der Waals surface area contributed by atoms with Crippen molar-refractivity contribution in [2.75, 3.05) is 58.3 Å². The Morgan fingerprint density at radius 1 is 1.21 bits per heavy atom. The Labute approximate surface area is 145 Å². The Balaban J connectivity index is 1.98. The number of carbonyl (C=O) groups is 1. The van der Waals surface area contributed by atoms with E-state index in [0.717, 1.165) is 31.1 Å². The first-order valence-electron chi connectivity index (χ1n) is 8.49. The number of hydrogen-bond donors (Lipinski definition) is 1. The van der Waals surface area contributed by atoms with Crippen LogP contribution in [0, 0.1) is 0 Å². The molecule has 0 atom stereocenters. The van der Waals surface area contributed by atoms with Gasteiger partial charge in [-0.2, -0.15) is 0 Å². The molecule has 24 heavy (non-hydrogen) atoms. The molecule has 2 rings (SSSR count). The Bertz CT molecular complexity index is 546. The quantitative estimate of drug-likeness (QED) is 0.841. The molecule has 0 saturated carbocycles. The molecule has 1 heterocycles. The van der Waals surface area contributed by atoms with Gasteiger partial charge in [0.05, 0.1) is 11.2 Å². The highest BCUT2D eigenvalue weighted by Crippen LogP contribution is 2.29. The van der Waals surface area contributed by atoms with Crippen molar-refractivity contribution in [3.63, 3.8) is 0 Å². The van der Waals surface area contributed by atoms with E-state index < -0.39 is 5.54 Å². The molecule has 1 aliphatic rings. The summed E-state index contributed by atoms with van der Waals surface area (Å²) in [6.45, 7) is 8.00. The summed E-state index contributed by atoms with van der Waals surface area (Å²) < 4.78 is 5.95. The Morgan fingerprint density at radius 3 is 2.42 bits per heavy atom. The second kappa shape index (κ2) is 7.85. The Hall–Kier alpha value is -1.79. The molecule has 6 heteroatoms. The molecule has 0 unspecified atom stereocenters. The van der Waals surface area contributed by atoms with Gasteiger partial charge in [0.1, 0.15) is 12.4 Å². The second-order valence-electron chi connectivity index (χ2n) is 7.12. The van der Waals surface area contributed by atoms with Crippen LogP contribution in [0.2, 0.25) is 0 Å². The van der Waals surface area contributed by atoms with Gasteiger partial charge in [0.25, 0.3) is 0 Å². The number of para-hydroxylation sites is 2. The van der Waals surface area contributed by atoms with Crippen molar-refractivity contribution in [1.82, 2.24) is 9.80 Å². The number of nitrogens with two attached hydrogens (primary N) is 1. The first-order chi connectivity index (χ1) is 11.3. The van der Waals surface area contributed by atoms with Crippen LogP contribution < -0.4 is 15.4 Å². The predicted molar refractivity (Wildman–Crippen MR) is 97.6 cm³/mol. The number of amides is 1. The number of rotatable bonds is 6. The summed E-state index contributed by atoms with van der Waals surface area (Å²) in [4.78, 5) is 18.5. The van der Waals surface area contributed by atoms with Crippen LogP contribution in [0.5, 0.6) is 5.75 Å². The highest BCUT2D eigenvalue weighted by atomic mass is 16.5. The van der Waals surface area contributed by atoms with E-state index in [1.54, 1.807) is 13.8 Å². The summed E-state index contributed by atoms with van der Waals surface area (Å²) in [5, 5.41) is 0. The molecule has 1 fully saturated rings. The number of hydrogen-bond acceptors (Lipinski definition) is 5. The minimum absolute atomic E-state index is 0.0117. The standard InChI is InChI=1S/C18H30N4O2/c1-18(2,19)17(23)22-11-9-21(10-12-22)15-7-5-6-8-16(15)24-14-13-20(3)4/h5-8H,9-14,19H2,1-4H3. The minimum atomic E-state index is -0.810. The van der Waals surface area contributed by atoms with Crippen molar-refractivity contribution in [1.29, 1.82) is 0 Å². The molecule has 1 aromatic carbocycles. The van der Waals surface area contributed by atoms with Crippen molar-refractivity contribution in [3.05, 3.63) is 24.3 Å². The summed E-state index contributed by atoms with van der Waals surface area (Å²) in [5.74, 6) is 0.913. The van der Waals surface area contributed by atoms with Crippen molar-refractivity contribution in [2.45, 2.75) is 19.4 Å². The fraction of sp³-hybridized carbons (Fsp3) is 0.611. The number of carbonyl (C=O) groups excluding carboxylic acids is 1. The van der Waals surface area contributed by atoms with Crippen molar-refractivity contribution in [2.24, 2.45) is 5.73 Å². The molecule has 6 nitrogen and oxygen atoms in total. The third-order valence-corrected chi connectivity index (χ3v) is 4.12. The zero-order chi connectivity index (χ0) is 17.7. The SMILES string of the molecule is CN(C)CCOc1ccccc1N1CCN(C(=O)C(C)(C)N)CC1. The third-order valence-electron chi connectivity index (χ3n) is 4.12. The van der Waals surface area contributed by atoms with Gasteiger partial charge in [-0.25, -0.2) is 0 Å². The molecular formula is C18H30N4O2. The van der Waals surface area contributed by atoms with Gasteiger partial charge in [-0.3, -0.25) is 4.79 Å². The van der Waals surface area contributed by atoms with E-state index in [2.05, 4.69) is 15.9 Å². The maximum Gasteiger partial charge on any atom is 0.242 e. The molecule has 0 spiro atoms. The number of ether oxygens (including phenoxy) is 1. The predicted octanol–water partition coefficient (Wildman–Crippen LogP) is 1.01. The molecule has 1 aliphatic heterocycles. The van der Waals surface area contributed by atoms with Gasteiger partial charge in [0, 0.05) is 32.7 Å². The molecular weight excluding hydrogens is 304 g/mol. The monoisotopic (exact) mass is 334 g/mol. The lowest BCUT2D eigenvalue weighted by Gasteiger charge is -2.39. The van der Waals surface area contributed by atoms with E-state index in [-0.39, 0.29) is 5.91 Å². The first-order valence-corrected chi connectivity index (χ1v) is 8.49. The fourth-order valence-corrected chi connectivity index (χ4v) is 2.74. The van der Waals surface area contributed by atoms with Gasteiger partial charge in [-0.05, 0) is 40.1 Å². The maximum absolute atomic E-state index is 12.3. The zero-order valence-corrected chi connectivity index (χ0v) is 15.3. The third kappa shape index (κ3) is 4.85. The second-order valence-corrected chi connectivity index (χ2v) is 7.12. The number of likely N-dealkylation sites (N-methyl/N-ethyl adjacent to an activating group) is 1. The number of piperazine rings is 1. The van der Waals surface area contributed by atoms with Crippen LogP contribution in [0.15, 0.2) is 24.3 Å². The first kappa shape index (κ1) is 18.5. The van der Waals surface area contributed by atoms with Gasteiger partial charge in [0.15, 0.2) is 0 Å². The lowest BCUT2D eigenvalue weighted by molar-refractivity contribution is -0.136. The molecule has 1 amide bonds. The van der Waals surface area contributed by atoms with Crippen LogP contribution in [-0.4, -0.2) is 74.7 Å². The fourth-order valence-electron chi connectivity index (χ4n) is 2.74. The number of benzene rings is 1. The highest BCUT2D eigenvalue weighted by Gasteiger charge is 2.30. The largest absolute Gasteiger partial charge is 0.490 e. The summed E-state index contributed by atoms with van der Waals surface area (Å²) in [6, 6.07) is 8.10. The van der Waals surface area contributed by atoms with Crippen molar-refractivity contribution in [3.8, 4) is 5.75 Å². The maximum atomic E-state index is 12.3. The number of nitrogens with zero attached hydrogens (tertiary/aromatic N) is 3. The molecule has 2 N–H and O–H groups in total. The lowest BCUT2D eigenvalue weighted by atomic mass is 10.0. The topological polar surface area (TPSA) is 62.0 Å². The van der Waals surface area contributed by atoms with Crippen LogP contribution in [0.4, 0.5) is 5.69 Å². The Morgan fingerprint density at radius 2 is 1.83 bits per heavy atom. The number of anilines is 1. The van der Waals surface area contributed by atoms with E-state index >= 15 is 0 Å². The van der Waals surface area contributed by atoms with Crippen molar-refractivity contribution < 1.29 is 9.53 Å². The molecule has 0 aliphatic carbocycles. The van der Waals surface area contributed by atoms with Crippen LogP contribution in [-0.2, 0) is 4.79 Å². The van der Waals surface area contributed by atoms with Gasteiger partial charge in [0.2, 0.25) is 5.91 Å². The molecule has 1 aromatic rings. The summed E-state index contributed by atoms with van der Waals surface area (Å²) in [5.41, 5.74) is 6.21. The van der Waals surface area contributed by atoms with E-state index in [1.807, 2.05) is 37.2 Å². The van der Waals surface area contributed by atoms with Crippen LogP contribution in [0.25, 0.3) is 0 Å². The van der Waals surface area contributed by atoms with Crippen LogP contribution in [0.3, 0.4) is 0 Å². The smallest absolute Gasteiger partial charge is 0.242 e. The molecule has 1 saturated heterocycles. The van der Waals surface area contributed by atoms with E-state index in [9.17, 15) is 4.79 Å². The zero-order valence-electron chi connectivity index (χ0n) is 15.3. The van der Waals surface area contributed by atoms with Crippen LogP contribution >= 0.6 is 0 Å². The van der Waals surface area contributed by atoms with E-state index in [4.69, 9.17) is 10.5 Å². The highest BCUT2D eigenvalue weighted by molar-refractivity contribution is 5.85. The molecule has 0 radical (unpaired) electrons. The molecule has 134 valence electrons. The lowest BCUT2D eigenvalue weighted by Crippen LogP contribution is -2.57. The van der Waals surface area contributed by atoms with Gasteiger partial charge < -0.3 is 25.2 Å². The summed E-state index contributed by atoms with van der Waals surface area (Å²) >= 11 is 0. The van der Waals surface area contributed by atoms with Gasteiger partial charge in [-0.1, -0.05) is 12.1 Å². The van der Waals surface area contributed by atoms with Crippen LogP contribution in [0.1, 0.15) is 13.8 Å². The minimum Gasteiger partial charge on any atom is -0.490 e. The average Bonchev–Trinajstić information content (AvgIpc) is 2.54. The average molecular weight is 334 g/mol. The Kier molecular flexibility index (Phi) is 6.07.